The predicted octanol–water partition coefficient (Wildman–Crippen LogP) is 2.94. The van der Waals surface area contributed by atoms with Gasteiger partial charge in [-0.15, -0.1) is 11.1 Å². The first-order valence-corrected chi connectivity index (χ1v) is 9.88. The SMILES string of the molecule is CC(N)CN.COc1ccc(/C=C/[C-]=O)cc1OC.COc1ccc(/C=C/[C-]=O)cc1OC.[Cu+2]. The number of allylic oxidation sites excluding steroid dienone is 2. The van der Waals surface area contributed by atoms with Crippen molar-refractivity contribution in [1.82, 2.24) is 0 Å². The second-order valence-electron chi connectivity index (χ2n) is 6.34. The van der Waals surface area contributed by atoms with Crippen molar-refractivity contribution < 1.29 is 45.6 Å². The van der Waals surface area contributed by atoms with E-state index in [2.05, 4.69) is 0 Å². The van der Waals surface area contributed by atoms with E-state index in [1.807, 2.05) is 19.1 Å². The molecule has 0 spiro atoms. The Bertz CT molecular complexity index is 831. The zero-order valence-electron chi connectivity index (χ0n) is 20.0. The minimum absolute atomic E-state index is 0. The fourth-order valence-corrected chi connectivity index (χ4v) is 2.17. The molecule has 1 unspecified atom stereocenters. The van der Waals surface area contributed by atoms with Gasteiger partial charge >= 0.3 is 17.1 Å². The number of nitrogens with two attached hydrogens (primary N) is 2. The van der Waals surface area contributed by atoms with Gasteiger partial charge in [-0.3, -0.25) is 0 Å². The van der Waals surface area contributed by atoms with Crippen LogP contribution in [0.25, 0.3) is 12.2 Å². The van der Waals surface area contributed by atoms with Gasteiger partial charge in [-0.25, -0.2) is 0 Å². The summed E-state index contributed by atoms with van der Waals surface area (Å²) in [5.74, 6) is 2.61. The van der Waals surface area contributed by atoms with Crippen LogP contribution in [0.1, 0.15) is 18.1 Å². The summed E-state index contributed by atoms with van der Waals surface area (Å²) in [6.45, 7) is 2.46. The number of hydrogen-bond acceptors (Lipinski definition) is 8. The Morgan fingerprint density at radius 3 is 1.32 bits per heavy atom. The first-order valence-electron chi connectivity index (χ1n) is 9.88. The smallest absolute Gasteiger partial charge is 0.493 e. The van der Waals surface area contributed by atoms with Gasteiger partial charge in [0.15, 0.2) is 23.0 Å². The first kappa shape index (κ1) is 33.1. The van der Waals surface area contributed by atoms with Crippen molar-refractivity contribution in [3.05, 3.63) is 59.7 Å². The van der Waals surface area contributed by atoms with Gasteiger partial charge in [-0.05, 0) is 43.8 Å². The van der Waals surface area contributed by atoms with E-state index in [-0.39, 0.29) is 23.1 Å². The molecule has 9 heteroatoms. The van der Waals surface area contributed by atoms with Gasteiger partial charge in [0, 0.05) is 12.6 Å². The molecule has 1 atom stereocenters. The van der Waals surface area contributed by atoms with Crippen molar-refractivity contribution in [3.8, 4) is 23.0 Å². The van der Waals surface area contributed by atoms with Crippen molar-refractivity contribution in [2.45, 2.75) is 13.0 Å². The van der Waals surface area contributed by atoms with Crippen LogP contribution in [0.5, 0.6) is 23.0 Å². The number of ether oxygens (including phenoxy) is 4. The zero-order valence-corrected chi connectivity index (χ0v) is 20.9. The van der Waals surface area contributed by atoms with Gasteiger partial charge in [0.2, 0.25) is 0 Å². The van der Waals surface area contributed by atoms with Crippen LogP contribution in [-0.4, -0.2) is 53.6 Å². The third-order valence-corrected chi connectivity index (χ3v) is 3.87. The summed E-state index contributed by atoms with van der Waals surface area (Å²) >= 11 is 0. The Morgan fingerprint density at radius 2 is 1.09 bits per heavy atom. The van der Waals surface area contributed by atoms with Gasteiger partial charge in [-0.2, -0.15) is 24.3 Å². The van der Waals surface area contributed by atoms with E-state index in [9.17, 15) is 9.59 Å². The van der Waals surface area contributed by atoms with Crippen molar-refractivity contribution in [1.29, 1.82) is 0 Å². The molecule has 0 bridgehead atoms. The van der Waals surface area contributed by atoms with Gasteiger partial charge in [0.25, 0.3) is 0 Å². The normalized spacial score (nSPS) is 10.6. The van der Waals surface area contributed by atoms with E-state index in [4.69, 9.17) is 30.4 Å². The molecule has 0 saturated heterocycles. The second kappa shape index (κ2) is 20.5. The average Bonchev–Trinajstić information content (AvgIpc) is 2.86. The van der Waals surface area contributed by atoms with Crippen molar-refractivity contribution in [2.24, 2.45) is 11.5 Å². The second-order valence-corrected chi connectivity index (χ2v) is 6.34. The molecule has 0 fully saturated rings. The van der Waals surface area contributed by atoms with Crippen LogP contribution in [0.4, 0.5) is 0 Å². The first-order chi connectivity index (χ1) is 15.9. The van der Waals surface area contributed by atoms with E-state index >= 15 is 0 Å². The molecule has 8 nitrogen and oxygen atoms in total. The van der Waals surface area contributed by atoms with Crippen LogP contribution in [-0.2, 0) is 26.7 Å². The topological polar surface area (TPSA) is 123 Å². The molecule has 34 heavy (non-hydrogen) atoms. The quantitative estimate of drug-likeness (QED) is 0.294. The molecule has 2 aromatic rings. The van der Waals surface area contributed by atoms with E-state index < -0.39 is 0 Å². The molecule has 0 aliphatic rings. The third kappa shape index (κ3) is 13.4. The van der Waals surface area contributed by atoms with Gasteiger partial charge in [0.05, 0.1) is 28.4 Å². The summed E-state index contributed by atoms with van der Waals surface area (Å²) in [6, 6.07) is 11.0. The summed E-state index contributed by atoms with van der Waals surface area (Å²) in [5.41, 5.74) is 11.9. The summed E-state index contributed by atoms with van der Waals surface area (Å²) < 4.78 is 20.3. The van der Waals surface area contributed by atoms with E-state index in [0.29, 0.717) is 29.5 Å². The number of benzene rings is 2. The van der Waals surface area contributed by atoms with Crippen molar-refractivity contribution >= 4 is 24.7 Å². The van der Waals surface area contributed by atoms with Gasteiger partial charge < -0.3 is 40.0 Å². The van der Waals surface area contributed by atoms with Gasteiger partial charge in [-0.1, -0.05) is 12.1 Å². The molecule has 4 N–H and O–H groups in total. The van der Waals surface area contributed by atoms with E-state index in [0.717, 1.165) is 11.1 Å². The molecule has 0 aliphatic carbocycles. The Balaban J connectivity index is 0. The number of hydrogen-bond donors (Lipinski definition) is 2. The monoisotopic (exact) mass is 519 g/mol. The maximum Gasteiger partial charge on any atom is 2.00 e. The minimum Gasteiger partial charge on any atom is -0.493 e. The predicted molar refractivity (Wildman–Crippen MR) is 131 cm³/mol. The molecular formula is C25H32CuN2O6. The third-order valence-electron chi connectivity index (χ3n) is 3.87. The molecule has 0 amide bonds. The average molecular weight is 520 g/mol. The van der Waals surface area contributed by atoms with Crippen LogP contribution in [0.2, 0.25) is 0 Å². The number of methoxy groups -OCH3 is 4. The molecule has 2 rings (SSSR count). The van der Waals surface area contributed by atoms with Crippen molar-refractivity contribution in [3.63, 3.8) is 0 Å². The Morgan fingerprint density at radius 1 is 0.765 bits per heavy atom. The zero-order chi connectivity index (χ0) is 25.1. The van der Waals surface area contributed by atoms with E-state index in [1.54, 1.807) is 77.4 Å². The molecule has 2 aromatic carbocycles. The van der Waals surface area contributed by atoms with E-state index in [1.165, 1.54) is 12.2 Å². The van der Waals surface area contributed by atoms with Crippen LogP contribution < -0.4 is 30.4 Å². The summed E-state index contributed by atoms with van der Waals surface area (Å²) in [7, 11) is 6.29. The minimum atomic E-state index is 0. The van der Waals surface area contributed by atoms with Crippen LogP contribution in [0, 0.1) is 0 Å². The fraction of sp³-hybridized carbons (Fsp3) is 0.280. The molecule has 0 aliphatic heterocycles. The summed E-state index contributed by atoms with van der Waals surface area (Å²) in [4.78, 5) is 20.0. The molecular weight excluding hydrogens is 488 g/mol. The largest absolute Gasteiger partial charge is 2.00 e. The molecule has 1 radical (unpaired) electrons. The Labute approximate surface area is 212 Å². The maximum absolute atomic E-state index is 9.99. The van der Waals surface area contributed by atoms with Crippen LogP contribution in [0.15, 0.2) is 48.6 Å². The number of carbonyl (C=O) groups excluding carboxylic acids is 2. The Kier molecular flexibility index (Phi) is 19.9. The molecule has 0 saturated carbocycles. The molecule has 0 aromatic heterocycles. The number of rotatable bonds is 9. The summed E-state index contributed by atoms with van der Waals surface area (Å²) in [6.07, 6.45) is 9.27. The molecule has 189 valence electrons. The van der Waals surface area contributed by atoms with Crippen LogP contribution >= 0.6 is 0 Å². The fourth-order valence-electron chi connectivity index (χ4n) is 2.17. The molecule has 0 heterocycles. The van der Waals surface area contributed by atoms with Crippen molar-refractivity contribution in [2.75, 3.05) is 35.0 Å². The summed E-state index contributed by atoms with van der Waals surface area (Å²) in [5, 5.41) is 0. The Hall–Kier alpha value is -3.10. The maximum atomic E-state index is 9.99. The van der Waals surface area contributed by atoms with Gasteiger partial charge in [0.1, 0.15) is 0 Å². The van der Waals surface area contributed by atoms with Crippen LogP contribution in [0.3, 0.4) is 0 Å². The standard InChI is InChI=1S/2C11H11O3.C3H10N2.Cu/c2*1-13-10-6-5-9(4-3-7-12)8-11(10)14-2;1-3(5)2-4;/h2*3-6,8H,1-2H3;3H,2,4-5H2,1H3;/q2*-1;;+2/b2*4-3+;;.